The fraction of sp³-hybridized carbons (Fsp3) is 1.00. The summed E-state index contributed by atoms with van der Waals surface area (Å²) in [5.74, 6) is 0.863. The monoisotopic (exact) mass is 213 g/mol. The summed E-state index contributed by atoms with van der Waals surface area (Å²) in [7, 11) is 0. The Morgan fingerprint density at radius 3 is 2.33 bits per heavy atom. The number of aliphatic hydroxyl groups is 1. The van der Waals surface area contributed by atoms with Gasteiger partial charge in [0, 0.05) is 5.54 Å². The van der Waals surface area contributed by atoms with Crippen LogP contribution in [0.4, 0.5) is 0 Å². The minimum absolute atomic E-state index is 0.0837. The van der Waals surface area contributed by atoms with E-state index >= 15 is 0 Å². The predicted molar refractivity (Wildman–Crippen MR) is 59.8 cm³/mol. The molecule has 0 aromatic heterocycles. The van der Waals surface area contributed by atoms with Gasteiger partial charge in [0.15, 0.2) is 0 Å². The number of hydrogen-bond donors (Lipinski definition) is 2. The molecule has 0 amide bonds. The van der Waals surface area contributed by atoms with Gasteiger partial charge in [0.2, 0.25) is 0 Å². The van der Waals surface area contributed by atoms with Gasteiger partial charge in [-0.3, -0.25) is 0 Å². The average molecular weight is 213 g/mol. The van der Waals surface area contributed by atoms with Crippen LogP contribution >= 0.6 is 0 Å². The third-order valence-corrected chi connectivity index (χ3v) is 3.59. The second kappa shape index (κ2) is 4.40. The average Bonchev–Trinajstić information content (AvgIpc) is 2.97. The molecule has 2 atom stereocenters. The largest absolute Gasteiger partial charge is 0.394 e. The van der Waals surface area contributed by atoms with Crippen molar-refractivity contribution in [2.24, 2.45) is 5.92 Å². The molecule has 0 aromatic carbocycles. The van der Waals surface area contributed by atoms with Crippen LogP contribution in [-0.4, -0.2) is 36.0 Å². The Hall–Kier alpha value is -0.120. The van der Waals surface area contributed by atoms with Gasteiger partial charge in [0.1, 0.15) is 0 Å². The third kappa shape index (κ3) is 2.92. The van der Waals surface area contributed by atoms with Crippen molar-refractivity contribution >= 4 is 0 Å². The van der Waals surface area contributed by atoms with E-state index in [1.807, 2.05) is 0 Å². The maximum Gasteiger partial charge on any atom is 0.0615 e. The van der Waals surface area contributed by atoms with E-state index in [4.69, 9.17) is 4.74 Å². The summed E-state index contributed by atoms with van der Waals surface area (Å²) in [6.07, 6.45) is 5.09. The number of hydrogen-bond acceptors (Lipinski definition) is 3. The summed E-state index contributed by atoms with van der Waals surface area (Å²) in [4.78, 5) is 0. The van der Waals surface area contributed by atoms with E-state index in [-0.39, 0.29) is 24.4 Å². The number of nitrogens with one attached hydrogen (secondary N) is 1. The summed E-state index contributed by atoms with van der Waals surface area (Å²) in [6.45, 7) is 5.50. The van der Waals surface area contributed by atoms with Crippen molar-refractivity contribution in [1.29, 1.82) is 0 Å². The van der Waals surface area contributed by atoms with Crippen molar-refractivity contribution in [2.75, 3.05) is 13.2 Å². The number of ether oxygens (including phenoxy) is 1. The van der Waals surface area contributed by atoms with E-state index in [1.54, 1.807) is 0 Å². The highest BCUT2D eigenvalue weighted by molar-refractivity contribution is 4.95. The van der Waals surface area contributed by atoms with Crippen molar-refractivity contribution in [3.63, 3.8) is 0 Å². The molecule has 1 aliphatic heterocycles. The summed E-state index contributed by atoms with van der Waals surface area (Å²) >= 11 is 0. The highest BCUT2D eigenvalue weighted by atomic mass is 16.5. The van der Waals surface area contributed by atoms with Gasteiger partial charge in [-0.05, 0) is 52.0 Å². The SMILES string of the molecule is CC1CC(CO)(NCC2CC2)CC(C)O1. The van der Waals surface area contributed by atoms with Gasteiger partial charge in [0.25, 0.3) is 0 Å². The van der Waals surface area contributed by atoms with Crippen LogP contribution in [0.3, 0.4) is 0 Å². The van der Waals surface area contributed by atoms with Gasteiger partial charge in [0.05, 0.1) is 18.8 Å². The van der Waals surface area contributed by atoms with Crippen LogP contribution in [0, 0.1) is 5.92 Å². The van der Waals surface area contributed by atoms with E-state index < -0.39 is 0 Å². The molecule has 0 bridgehead atoms. The highest BCUT2D eigenvalue weighted by Crippen LogP contribution is 2.32. The van der Waals surface area contributed by atoms with E-state index in [0.717, 1.165) is 25.3 Å². The van der Waals surface area contributed by atoms with Gasteiger partial charge >= 0.3 is 0 Å². The molecule has 2 unspecified atom stereocenters. The zero-order chi connectivity index (χ0) is 10.9. The molecule has 2 N–H and O–H groups in total. The lowest BCUT2D eigenvalue weighted by atomic mass is 9.84. The van der Waals surface area contributed by atoms with Crippen LogP contribution in [0.15, 0.2) is 0 Å². The topological polar surface area (TPSA) is 41.5 Å². The first-order chi connectivity index (χ1) is 7.13. The Morgan fingerprint density at radius 2 is 1.87 bits per heavy atom. The molecule has 1 saturated carbocycles. The Balaban J connectivity index is 1.91. The molecule has 15 heavy (non-hydrogen) atoms. The quantitative estimate of drug-likeness (QED) is 0.739. The molecule has 1 heterocycles. The van der Waals surface area contributed by atoms with Crippen LogP contribution in [0.1, 0.15) is 39.5 Å². The van der Waals surface area contributed by atoms with E-state index in [1.165, 1.54) is 12.8 Å². The zero-order valence-corrected chi connectivity index (χ0v) is 9.83. The van der Waals surface area contributed by atoms with Crippen molar-refractivity contribution in [1.82, 2.24) is 5.32 Å². The van der Waals surface area contributed by atoms with E-state index in [2.05, 4.69) is 19.2 Å². The van der Waals surface area contributed by atoms with Crippen molar-refractivity contribution in [3.8, 4) is 0 Å². The van der Waals surface area contributed by atoms with Crippen LogP contribution in [0.25, 0.3) is 0 Å². The summed E-state index contributed by atoms with van der Waals surface area (Å²) in [5, 5.41) is 13.2. The van der Waals surface area contributed by atoms with Gasteiger partial charge in [-0.1, -0.05) is 0 Å². The number of aliphatic hydroxyl groups excluding tert-OH is 1. The van der Waals surface area contributed by atoms with Crippen LogP contribution in [0.5, 0.6) is 0 Å². The minimum Gasteiger partial charge on any atom is -0.394 e. The van der Waals surface area contributed by atoms with Crippen molar-refractivity contribution < 1.29 is 9.84 Å². The van der Waals surface area contributed by atoms with E-state index in [0.29, 0.717) is 0 Å². The first kappa shape index (κ1) is 11.4. The van der Waals surface area contributed by atoms with Crippen LogP contribution < -0.4 is 5.32 Å². The molecule has 1 aliphatic carbocycles. The summed E-state index contributed by atoms with van der Waals surface area (Å²) < 4.78 is 5.71. The van der Waals surface area contributed by atoms with Crippen LogP contribution in [-0.2, 0) is 4.74 Å². The molecule has 2 fully saturated rings. The first-order valence-electron chi connectivity index (χ1n) is 6.15. The molecule has 2 aliphatic rings. The molecule has 3 nitrogen and oxygen atoms in total. The smallest absolute Gasteiger partial charge is 0.0615 e. The van der Waals surface area contributed by atoms with Crippen LogP contribution in [0.2, 0.25) is 0 Å². The van der Waals surface area contributed by atoms with Crippen molar-refractivity contribution in [3.05, 3.63) is 0 Å². The molecule has 1 saturated heterocycles. The standard InChI is InChI=1S/C12H23NO2/c1-9-5-12(8-14,6-10(2)15-9)13-7-11-3-4-11/h9-11,13-14H,3-8H2,1-2H3. The Kier molecular flexibility index (Phi) is 3.33. The Bertz CT molecular complexity index is 206. The Labute approximate surface area is 92.2 Å². The van der Waals surface area contributed by atoms with Gasteiger partial charge in [-0.15, -0.1) is 0 Å². The lowest BCUT2D eigenvalue weighted by molar-refractivity contribution is -0.0813. The molecule has 0 aromatic rings. The van der Waals surface area contributed by atoms with Gasteiger partial charge in [-0.2, -0.15) is 0 Å². The molecule has 88 valence electrons. The third-order valence-electron chi connectivity index (χ3n) is 3.59. The maximum atomic E-state index is 9.59. The molecule has 2 rings (SSSR count). The zero-order valence-electron chi connectivity index (χ0n) is 9.83. The second-order valence-corrected chi connectivity index (χ2v) is 5.43. The fourth-order valence-electron chi connectivity index (χ4n) is 2.69. The molecular formula is C12H23NO2. The predicted octanol–water partition coefficient (Wildman–Crippen LogP) is 1.30. The summed E-state index contributed by atoms with van der Waals surface area (Å²) in [5.41, 5.74) is -0.0837. The number of rotatable bonds is 4. The first-order valence-corrected chi connectivity index (χ1v) is 6.15. The Morgan fingerprint density at radius 1 is 1.27 bits per heavy atom. The second-order valence-electron chi connectivity index (χ2n) is 5.43. The normalized spacial score (nSPS) is 41.8. The molecule has 0 spiro atoms. The molecule has 0 radical (unpaired) electrons. The molecular weight excluding hydrogens is 190 g/mol. The van der Waals surface area contributed by atoms with E-state index in [9.17, 15) is 5.11 Å². The maximum absolute atomic E-state index is 9.59. The molecule has 3 heteroatoms. The highest BCUT2D eigenvalue weighted by Gasteiger charge is 2.38. The van der Waals surface area contributed by atoms with Gasteiger partial charge in [-0.25, -0.2) is 0 Å². The van der Waals surface area contributed by atoms with Gasteiger partial charge < -0.3 is 15.2 Å². The summed E-state index contributed by atoms with van der Waals surface area (Å²) in [6, 6.07) is 0. The lowest BCUT2D eigenvalue weighted by Crippen LogP contribution is -2.56. The lowest BCUT2D eigenvalue weighted by Gasteiger charge is -2.42. The van der Waals surface area contributed by atoms with Crippen molar-refractivity contribution in [2.45, 2.75) is 57.3 Å². The fourth-order valence-corrected chi connectivity index (χ4v) is 2.69. The minimum atomic E-state index is -0.0837.